The molecule has 10 N–H and O–H groups in total. The minimum Gasteiger partial charge on any atom is -0.480 e. The lowest BCUT2D eigenvalue weighted by atomic mass is 9.94. The third-order valence-electron chi connectivity index (χ3n) is 9.62. The van der Waals surface area contributed by atoms with Crippen LogP contribution in [0.4, 0.5) is 0 Å². The van der Waals surface area contributed by atoms with Crippen LogP contribution in [0.5, 0.6) is 0 Å². The summed E-state index contributed by atoms with van der Waals surface area (Å²) in [6.07, 6.45) is 5.57. The summed E-state index contributed by atoms with van der Waals surface area (Å²) >= 11 is 0. The normalized spacial score (nSPS) is 24.0. The van der Waals surface area contributed by atoms with Gasteiger partial charge in [-0.05, 0) is 45.1 Å². The summed E-state index contributed by atoms with van der Waals surface area (Å²) in [5.41, 5.74) is 12.5. The second-order valence-corrected chi connectivity index (χ2v) is 14.1. The number of aliphatic imine (C=N–C) groups is 1. The Morgan fingerprint density at radius 3 is 2.24 bits per heavy atom. The van der Waals surface area contributed by atoms with Gasteiger partial charge in [0, 0.05) is 33.0 Å². The molecule has 2 rings (SSSR count). The third kappa shape index (κ3) is 15.8. The van der Waals surface area contributed by atoms with Crippen LogP contribution in [-0.2, 0) is 44.7 Å². The molecule has 318 valence electrons. The Labute approximate surface area is 338 Å². The molecule has 0 aromatic heterocycles. The predicted molar refractivity (Wildman–Crippen MR) is 215 cm³/mol. The molecule has 1 saturated heterocycles. The van der Waals surface area contributed by atoms with Gasteiger partial charge < -0.3 is 52.6 Å². The maximum atomic E-state index is 14.0. The molecule has 5 amide bonds. The van der Waals surface area contributed by atoms with Crippen molar-refractivity contribution >= 4 is 47.4 Å². The summed E-state index contributed by atoms with van der Waals surface area (Å²) in [6, 6.07) is 4.18. The molecule has 1 heterocycles. The number of amides is 5. The summed E-state index contributed by atoms with van der Waals surface area (Å²) < 4.78 is 5.78. The predicted octanol–water partition coefficient (Wildman–Crippen LogP) is 0.727. The Balaban J connectivity index is 2.59. The number of hydrogen-bond acceptors (Lipinski definition) is 9. The van der Waals surface area contributed by atoms with E-state index in [2.05, 4.69) is 26.3 Å². The summed E-state index contributed by atoms with van der Waals surface area (Å²) in [5.74, 6) is -8.45. The zero-order valence-electron chi connectivity index (χ0n) is 33.9. The van der Waals surface area contributed by atoms with Crippen molar-refractivity contribution in [2.75, 3.05) is 20.7 Å². The molecular formula is C40H58N8O10. The van der Waals surface area contributed by atoms with Gasteiger partial charge in [0.1, 0.15) is 23.8 Å². The topological polar surface area (TPSA) is 285 Å². The SMILES string of the molecule is C/C=C1/C(=O)NC(C(=O)O)CC(=O)NC(CCCN=C(N)N)C(=O)NC(/C=C/C(C)=C/[C@H](C)[C@H](Cc2ccccc2)OC)[C@H](C)C(=O)N[C@@H](C(=O)O)CCC(=O)N1C. The van der Waals surface area contributed by atoms with Crippen molar-refractivity contribution in [1.82, 2.24) is 26.2 Å². The van der Waals surface area contributed by atoms with E-state index in [0.29, 0.717) is 6.42 Å². The number of benzene rings is 1. The number of carboxylic acids is 2. The van der Waals surface area contributed by atoms with Crippen molar-refractivity contribution in [3.05, 3.63) is 71.5 Å². The summed E-state index contributed by atoms with van der Waals surface area (Å²) in [5, 5.41) is 29.9. The van der Waals surface area contributed by atoms with Crippen LogP contribution in [0.15, 0.2) is 70.9 Å². The average molecular weight is 811 g/mol. The molecule has 0 spiro atoms. The molecule has 1 fully saturated rings. The van der Waals surface area contributed by atoms with E-state index < -0.39 is 84.4 Å². The highest BCUT2D eigenvalue weighted by molar-refractivity contribution is 6.00. The highest BCUT2D eigenvalue weighted by Crippen LogP contribution is 2.18. The Hall–Kier alpha value is -6.04. The van der Waals surface area contributed by atoms with Gasteiger partial charge in [-0.25, -0.2) is 9.59 Å². The monoisotopic (exact) mass is 810 g/mol. The number of nitrogens with zero attached hydrogens (tertiary/aromatic N) is 2. The van der Waals surface area contributed by atoms with Gasteiger partial charge in [0.15, 0.2) is 5.96 Å². The lowest BCUT2D eigenvalue weighted by molar-refractivity contribution is -0.143. The van der Waals surface area contributed by atoms with E-state index in [9.17, 15) is 43.8 Å². The zero-order chi connectivity index (χ0) is 43.5. The lowest BCUT2D eigenvalue weighted by Gasteiger charge is -2.27. The third-order valence-corrected chi connectivity index (χ3v) is 9.62. The van der Waals surface area contributed by atoms with Crippen LogP contribution in [0.1, 0.15) is 65.4 Å². The number of allylic oxidation sites excluding steroid dienone is 3. The number of carbonyl (C=O) groups is 7. The fraction of sp³-hybridized carbons (Fsp3) is 0.500. The standard InChI is InChI=1S/C40H58N8O10/c1-7-31-37(53)47-30(39(56)57)22-33(49)44-28(14-11-19-43-40(41)42)36(52)45-27(25(4)35(51)46-29(38(54)55)17-18-34(50)48(31)5)16-15-23(2)20-24(3)32(58-6)21-26-12-9-8-10-13-26/h7-10,12-13,15-16,20,24-25,27-30,32H,11,14,17-19,21-22H2,1-6H3,(H,44,49)(H,45,52)(H,46,51)(H,47,53)(H,54,55)(H,56,57)(H4,41,42,43)/b16-15+,23-20+,31-7-/t24-,25-,27?,28?,29+,30?,32-/m0/s1. The highest BCUT2D eigenvalue weighted by Gasteiger charge is 2.33. The van der Waals surface area contributed by atoms with Gasteiger partial charge in [-0.2, -0.15) is 0 Å². The van der Waals surface area contributed by atoms with Gasteiger partial charge in [-0.3, -0.25) is 29.0 Å². The number of nitrogens with two attached hydrogens (primary N) is 2. The van der Waals surface area contributed by atoms with Crippen LogP contribution in [0.2, 0.25) is 0 Å². The van der Waals surface area contributed by atoms with Crippen molar-refractivity contribution in [3.63, 3.8) is 0 Å². The molecule has 0 bridgehead atoms. The van der Waals surface area contributed by atoms with Crippen molar-refractivity contribution in [1.29, 1.82) is 0 Å². The summed E-state index contributed by atoms with van der Waals surface area (Å²) in [4.78, 5) is 96.5. The Morgan fingerprint density at radius 1 is 1.00 bits per heavy atom. The number of nitrogens with one attached hydrogen (secondary N) is 4. The molecule has 1 aliphatic heterocycles. The second kappa shape index (κ2) is 23.9. The first-order valence-electron chi connectivity index (χ1n) is 19.0. The van der Waals surface area contributed by atoms with Crippen molar-refractivity contribution < 1.29 is 48.5 Å². The molecule has 0 saturated carbocycles. The fourth-order valence-corrected chi connectivity index (χ4v) is 6.18. The minimum absolute atomic E-state index is 0.0254. The minimum atomic E-state index is -1.77. The average Bonchev–Trinajstić information content (AvgIpc) is 3.17. The molecule has 58 heavy (non-hydrogen) atoms. The maximum absolute atomic E-state index is 14.0. The van der Waals surface area contributed by atoms with Gasteiger partial charge in [-0.1, -0.05) is 74.1 Å². The van der Waals surface area contributed by atoms with Crippen LogP contribution >= 0.6 is 0 Å². The molecule has 0 aliphatic carbocycles. The first-order chi connectivity index (χ1) is 27.4. The van der Waals surface area contributed by atoms with E-state index >= 15 is 0 Å². The first-order valence-corrected chi connectivity index (χ1v) is 19.0. The highest BCUT2D eigenvalue weighted by atomic mass is 16.5. The fourth-order valence-electron chi connectivity index (χ4n) is 6.18. The molecule has 18 nitrogen and oxygen atoms in total. The number of methoxy groups -OCH3 is 1. The number of carbonyl (C=O) groups excluding carboxylic acids is 5. The van der Waals surface area contributed by atoms with Gasteiger partial charge in [0.25, 0.3) is 5.91 Å². The van der Waals surface area contributed by atoms with Crippen LogP contribution in [-0.4, -0.2) is 114 Å². The van der Waals surface area contributed by atoms with Gasteiger partial charge >= 0.3 is 11.9 Å². The molecule has 7 atom stereocenters. The second-order valence-electron chi connectivity index (χ2n) is 14.1. The molecule has 18 heteroatoms. The molecule has 0 radical (unpaired) electrons. The maximum Gasteiger partial charge on any atom is 0.326 e. The van der Waals surface area contributed by atoms with E-state index in [1.807, 2.05) is 50.3 Å². The van der Waals surface area contributed by atoms with Crippen molar-refractivity contribution in [3.8, 4) is 0 Å². The molecule has 1 aromatic carbocycles. The molecular weight excluding hydrogens is 752 g/mol. The van der Waals surface area contributed by atoms with Gasteiger partial charge in [0.2, 0.25) is 23.6 Å². The summed E-state index contributed by atoms with van der Waals surface area (Å²) in [7, 11) is 2.88. The number of aliphatic carboxylic acids is 2. The van der Waals surface area contributed by atoms with E-state index in [4.69, 9.17) is 16.2 Å². The largest absolute Gasteiger partial charge is 0.480 e. The first kappa shape index (κ1) is 48.1. The Bertz CT molecular complexity index is 1740. The number of hydrogen-bond donors (Lipinski definition) is 8. The van der Waals surface area contributed by atoms with Crippen LogP contribution < -0.4 is 32.7 Å². The van der Waals surface area contributed by atoms with Crippen molar-refractivity contribution in [2.24, 2.45) is 28.3 Å². The molecule has 3 unspecified atom stereocenters. The molecule has 1 aliphatic rings. The van der Waals surface area contributed by atoms with Crippen LogP contribution in [0, 0.1) is 11.8 Å². The summed E-state index contributed by atoms with van der Waals surface area (Å²) in [6.45, 7) is 6.81. The smallest absolute Gasteiger partial charge is 0.326 e. The van der Waals surface area contributed by atoms with Crippen LogP contribution in [0.25, 0.3) is 0 Å². The zero-order valence-corrected chi connectivity index (χ0v) is 33.9. The number of guanidine groups is 1. The molecule has 1 aromatic rings. The van der Waals surface area contributed by atoms with E-state index in [1.165, 1.54) is 27.0 Å². The van der Waals surface area contributed by atoms with Gasteiger partial charge in [-0.15, -0.1) is 0 Å². The van der Waals surface area contributed by atoms with E-state index in [1.54, 1.807) is 19.3 Å². The Kier molecular flexibility index (Phi) is 19.8. The number of carboxylic acid groups (broad SMARTS) is 2. The number of ether oxygens (including phenoxy) is 1. The quantitative estimate of drug-likeness (QED) is 0.0450. The van der Waals surface area contributed by atoms with Gasteiger partial charge in [0.05, 0.1) is 24.5 Å². The van der Waals surface area contributed by atoms with Crippen molar-refractivity contribution in [2.45, 2.75) is 96.5 Å². The lowest BCUT2D eigenvalue weighted by Crippen LogP contribution is -2.54. The van der Waals surface area contributed by atoms with E-state index in [-0.39, 0.29) is 49.5 Å². The van der Waals surface area contributed by atoms with Crippen LogP contribution in [0.3, 0.4) is 0 Å². The van der Waals surface area contributed by atoms with E-state index in [0.717, 1.165) is 16.0 Å². The number of likely N-dealkylation sites (N-methyl/N-ethyl adjacent to an activating group) is 1. The number of rotatable bonds is 13. The Morgan fingerprint density at radius 2 is 1.66 bits per heavy atom.